The molecule has 0 bridgehead atoms. The average molecular weight is 255 g/mol. The molecule has 106 valence electrons. The first kappa shape index (κ1) is 15.5. The van der Waals surface area contributed by atoms with Gasteiger partial charge in [-0.25, -0.2) is 0 Å². The normalized spacial score (nSPS) is 28.7. The number of hydrogen-bond donors (Lipinski definition) is 1. The van der Waals surface area contributed by atoms with E-state index >= 15 is 0 Å². The standard InChI is InChI=1S/C15H29NO2/c1-5-6-7-13(16)14(17)18-12-8-11(2)9-15(3,4)10-12/h11-13H,5-10,16H2,1-4H3/t11?,12?,13-/m0/s1. The second-order valence-corrected chi connectivity index (χ2v) is 6.72. The summed E-state index contributed by atoms with van der Waals surface area (Å²) in [5.41, 5.74) is 6.12. The van der Waals surface area contributed by atoms with E-state index in [-0.39, 0.29) is 17.5 Å². The molecule has 0 amide bonds. The second kappa shape index (κ2) is 6.55. The summed E-state index contributed by atoms with van der Waals surface area (Å²) in [5.74, 6) is 0.414. The summed E-state index contributed by atoms with van der Waals surface area (Å²) in [6, 6.07) is -0.440. The lowest BCUT2D eigenvalue weighted by Gasteiger charge is -2.38. The fourth-order valence-electron chi connectivity index (χ4n) is 3.14. The first-order valence-corrected chi connectivity index (χ1v) is 7.30. The summed E-state index contributed by atoms with van der Waals surface area (Å²) >= 11 is 0. The van der Waals surface area contributed by atoms with Crippen LogP contribution in [0.15, 0.2) is 0 Å². The molecule has 2 unspecified atom stereocenters. The Morgan fingerprint density at radius 2 is 2.11 bits per heavy atom. The van der Waals surface area contributed by atoms with Crippen molar-refractivity contribution in [3.05, 3.63) is 0 Å². The predicted octanol–water partition coefficient (Wildman–Crippen LogP) is 3.26. The molecule has 2 N–H and O–H groups in total. The van der Waals surface area contributed by atoms with Gasteiger partial charge in [-0.15, -0.1) is 0 Å². The Kier molecular flexibility index (Phi) is 5.64. The molecule has 3 heteroatoms. The Morgan fingerprint density at radius 1 is 1.44 bits per heavy atom. The predicted molar refractivity (Wildman–Crippen MR) is 74.2 cm³/mol. The van der Waals surface area contributed by atoms with Crippen molar-refractivity contribution >= 4 is 5.97 Å². The van der Waals surface area contributed by atoms with Gasteiger partial charge in [0.2, 0.25) is 0 Å². The Bertz CT molecular complexity index is 276. The lowest BCUT2D eigenvalue weighted by molar-refractivity contribution is -0.155. The molecular weight excluding hydrogens is 226 g/mol. The molecule has 0 aliphatic heterocycles. The Morgan fingerprint density at radius 3 is 2.67 bits per heavy atom. The average Bonchev–Trinajstić information content (AvgIpc) is 2.22. The lowest BCUT2D eigenvalue weighted by atomic mass is 9.71. The lowest BCUT2D eigenvalue weighted by Crippen LogP contribution is -2.39. The van der Waals surface area contributed by atoms with Crippen LogP contribution in [-0.2, 0) is 9.53 Å². The smallest absolute Gasteiger partial charge is 0.323 e. The van der Waals surface area contributed by atoms with E-state index < -0.39 is 6.04 Å². The number of unbranched alkanes of at least 4 members (excludes halogenated alkanes) is 1. The molecule has 1 fully saturated rings. The van der Waals surface area contributed by atoms with Crippen LogP contribution in [0, 0.1) is 11.3 Å². The monoisotopic (exact) mass is 255 g/mol. The van der Waals surface area contributed by atoms with Crippen LogP contribution in [0.3, 0.4) is 0 Å². The van der Waals surface area contributed by atoms with E-state index in [2.05, 4.69) is 27.7 Å². The number of rotatable bonds is 5. The third-order valence-corrected chi connectivity index (χ3v) is 3.80. The van der Waals surface area contributed by atoms with Crippen molar-refractivity contribution in [3.63, 3.8) is 0 Å². The number of carbonyl (C=O) groups excluding carboxylic acids is 1. The summed E-state index contributed by atoms with van der Waals surface area (Å²) in [4.78, 5) is 11.9. The quantitative estimate of drug-likeness (QED) is 0.767. The van der Waals surface area contributed by atoms with Crippen molar-refractivity contribution in [2.24, 2.45) is 17.1 Å². The van der Waals surface area contributed by atoms with E-state index in [0.717, 1.165) is 32.1 Å². The number of nitrogens with two attached hydrogens (primary N) is 1. The molecule has 0 radical (unpaired) electrons. The van der Waals surface area contributed by atoms with Gasteiger partial charge >= 0.3 is 5.97 Å². The number of hydrogen-bond acceptors (Lipinski definition) is 3. The molecule has 0 heterocycles. The molecule has 1 saturated carbocycles. The molecule has 18 heavy (non-hydrogen) atoms. The third kappa shape index (κ3) is 4.97. The van der Waals surface area contributed by atoms with Crippen molar-refractivity contribution in [2.45, 2.75) is 78.4 Å². The van der Waals surface area contributed by atoms with Crippen molar-refractivity contribution in [1.29, 1.82) is 0 Å². The number of carbonyl (C=O) groups is 1. The van der Waals surface area contributed by atoms with Gasteiger partial charge < -0.3 is 10.5 Å². The third-order valence-electron chi connectivity index (χ3n) is 3.80. The minimum absolute atomic E-state index is 0.0592. The molecule has 0 saturated heterocycles. The first-order valence-electron chi connectivity index (χ1n) is 7.30. The molecule has 0 aromatic heterocycles. The number of ether oxygens (including phenoxy) is 1. The Balaban J connectivity index is 2.43. The molecule has 1 aliphatic carbocycles. The topological polar surface area (TPSA) is 52.3 Å². The van der Waals surface area contributed by atoms with Gasteiger partial charge in [0, 0.05) is 0 Å². The van der Waals surface area contributed by atoms with Gasteiger partial charge in [0.25, 0.3) is 0 Å². The van der Waals surface area contributed by atoms with Gasteiger partial charge in [-0.2, -0.15) is 0 Å². The van der Waals surface area contributed by atoms with Crippen molar-refractivity contribution in [3.8, 4) is 0 Å². The van der Waals surface area contributed by atoms with Crippen LogP contribution < -0.4 is 5.73 Å². The number of esters is 1. The van der Waals surface area contributed by atoms with E-state index in [9.17, 15) is 4.79 Å². The fraction of sp³-hybridized carbons (Fsp3) is 0.933. The van der Waals surface area contributed by atoms with E-state index in [1.807, 2.05) is 0 Å². The van der Waals surface area contributed by atoms with Crippen LogP contribution in [0.25, 0.3) is 0 Å². The summed E-state index contributed by atoms with van der Waals surface area (Å²) in [6.45, 7) is 8.84. The maximum Gasteiger partial charge on any atom is 0.323 e. The highest BCUT2D eigenvalue weighted by molar-refractivity contribution is 5.75. The fourth-order valence-corrected chi connectivity index (χ4v) is 3.14. The highest BCUT2D eigenvalue weighted by Gasteiger charge is 2.34. The van der Waals surface area contributed by atoms with Crippen LogP contribution >= 0.6 is 0 Å². The summed E-state index contributed by atoms with van der Waals surface area (Å²) in [5, 5.41) is 0. The van der Waals surface area contributed by atoms with Crippen LogP contribution in [0.4, 0.5) is 0 Å². The summed E-state index contributed by atoms with van der Waals surface area (Å²) < 4.78 is 5.59. The van der Waals surface area contributed by atoms with Crippen LogP contribution in [0.2, 0.25) is 0 Å². The molecule has 0 aromatic rings. The Hall–Kier alpha value is -0.570. The molecule has 3 nitrogen and oxygen atoms in total. The van der Waals surface area contributed by atoms with E-state index in [1.54, 1.807) is 0 Å². The first-order chi connectivity index (χ1) is 8.34. The van der Waals surface area contributed by atoms with Crippen molar-refractivity contribution in [2.75, 3.05) is 0 Å². The van der Waals surface area contributed by atoms with Gasteiger partial charge in [-0.05, 0) is 37.0 Å². The van der Waals surface area contributed by atoms with Gasteiger partial charge in [0.1, 0.15) is 12.1 Å². The molecule has 0 spiro atoms. The van der Waals surface area contributed by atoms with Gasteiger partial charge in [0.15, 0.2) is 0 Å². The molecule has 1 rings (SSSR count). The molecule has 3 atom stereocenters. The zero-order valence-electron chi connectivity index (χ0n) is 12.4. The second-order valence-electron chi connectivity index (χ2n) is 6.72. The SMILES string of the molecule is CCCC[C@H](N)C(=O)OC1CC(C)CC(C)(C)C1. The maximum atomic E-state index is 11.9. The van der Waals surface area contributed by atoms with E-state index in [0.29, 0.717) is 5.92 Å². The molecule has 0 aromatic carbocycles. The molecule has 1 aliphatic rings. The zero-order chi connectivity index (χ0) is 13.8. The highest BCUT2D eigenvalue weighted by Crippen LogP contribution is 2.39. The van der Waals surface area contributed by atoms with Crippen molar-refractivity contribution < 1.29 is 9.53 Å². The van der Waals surface area contributed by atoms with Crippen LogP contribution in [0.5, 0.6) is 0 Å². The van der Waals surface area contributed by atoms with Gasteiger partial charge in [0.05, 0.1) is 0 Å². The van der Waals surface area contributed by atoms with Crippen LogP contribution in [-0.4, -0.2) is 18.1 Å². The Labute approximate surface area is 111 Å². The summed E-state index contributed by atoms with van der Waals surface area (Å²) in [6.07, 6.45) is 6.00. The van der Waals surface area contributed by atoms with Gasteiger partial charge in [-0.3, -0.25) is 4.79 Å². The minimum Gasteiger partial charge on any atom is -0.461 e. The van der Waals surface area contributed by atoms with Crippen LogP contribution in [0.1, 0.15) is 66.2 Å². The van der Waals surface area contributed by atoms with Crippen molar-refractivity contribution in [1.82, 2.24) is 0 Å². The highest BCUT2D eigenvalue weighted by atomic mass is 16.5. The molecular formula is C15H29NO2. The minimum atomic E-state index is -0.440. The van der Waals surface area contributed by atoms with E-state index in [4.69, 9.17) is 10.5 Å². The van der Waals surface area contributed by atoms with E-state index in [1.165, 1.54) is 6.42 Å². The largest absolute Gasteiger partial charge is 0.461 e. The van der Waals surface area contributed by atoms with Gasteiger partial charge in [-0.1, -0.05) is 40.5 Å². The zero-order valence-corrected chi connectivity index (χ0v) is 12.4. The summed E-state index contributed by atoms with van der Waals surface area (Å²) in [7, 11) is 0. The maximum absolute atomic E-state index is 11.9.